The van der Waals surface area contributed by atoms with Gasteiger partial charge < -0.3 is 10.6 Å². The highest BCUT2D eigenvalue weighted by molar-refractivity contribution is 5.76. The third-order valence-electron chi connectivity index (χ3n) is 2.73. The molecule has 1 fully saturated rings. The summed E-state index contributed by atoms with van der Waals surface area (Å²) in [7, 11) is 0. The van der Waals surface area contributed by atoms with Gasteiger partial charge in [-0.2, -0.15) is 0 Å². The Morgan fingerprint density at radius 2 is 2.07 bits per heavy atom. The minimum Gasteiger partial charge on any atom is -0.351 e. The molecule has 0 radical (unpaired) electrons. The fraction of sp³-hybridized carbons (Fsp3) is 0.909. The number of carbonyl (C=O) groups excluding carboxylic acids is 1. The van der Waals surface area contributed by atoms with E-state index < -0.39 is 0 Å². The molecule has 2 N–H and O–H groups in total. The SMILES string of the molecule is CCC(=O)NC1(C)CC(NC(C)C)C1. The van der Waals surface area contributed by atoms with Crippen molar-refractivity contribution in [2.45, 2.75) is 64.6 Å². The smallest absolute Gasteiger partial charge is 0.220 e. The van der Waals surface area contributed by atoms with Gasteiger partial charge in [0.25, 0.3) is 0 Å². The lowest BCUT2D eigenvalue weighted by Crippen LogP contribution is -2.61. The molecule has 0 unspecified atom stereocenters. The van der Waals surface area contributed by atoms with Crippen molar-refractivity contribution in [3.63, 3.8) is 0 Å². The molecule has 1 aliphatic rings. The number of hydrogen-bond acceptors (Lipinski definition) is 2. The van der Waals surface area contributed by atoms with Crippen molar-refractivity contribution in [1.82, 2.24) is 10.6 Å². The van der Waals surface area contributed by atoms with Crippen LogP contribution in [0.2, 0.25) is 0 Å². The lowest BCUT2D eigenvalue weighted by Gasteiger charge is -2.46. The number of amides is 1. The first-order chi connectivity index (χ1) is 6.45. The maximum atomic E-state index is 11.2. The van der Waals surface area contributed by atoms with E-state index in [2.05, 4.69) is 31.4 Å². The summed E-state index contributed by atoms with van der Waals surface area (Å²) in [4.78, 5) is 11.2. The van der Waals surface area contributed by atoms with Crippen molar-refractivity contribution < 1.29 is 4.79 Å². The van der Waals surface area contributed by atoms with Crippen LogP contribution in [0.25, 0.3) is 0 Å². The fourth-order valence-electron chi connectivity index (χ4n) is 2.14. The zero-order valence-electron chi connectivity index (χ0n) is 9.68. The minimum atomic E-state index is 0.0413. The van der Waals surface area contributed by atoms with Gasteiger partial charge in [-0.1, -0.05) is 20.8 Å². The van der Waals surface area contributed by atoms with Crippen LogP contribution in [-0.4, -0.2) is 23.5 Å². The Morgan fingerprint density at radius 3 is 2.50 bits per heavy atom. The third-order valence-corrected chi connectivity index (χ3v) is 2.73. The quantitative estimate of drug-likeness (QED) is 0.717. The number of nitrogens with one attached hydrogen (secondary N) is 2. The number of carbonyl (C=O) groups is 1. The van der Waals surface area contributed by atoms with Gasteiger partial charge in [0.1, 0.15) is 0 Å². The molecule has 82 valence electrons. The van der Waals surface area contributed by atoms with Crippen molar-refractivity contribution in [2.75, 3.05) is 0 Å². The molecule has 0 aliphatic heterocycles. The van der Waals surface area contributed by atoms with Crippen molar-refractivity contribution >= 4 is 5.91 Å². The van der Waals surface area contributed by atoms with E-state index in [0.717, 1.165) is 12.8 Å². The van der Waals surface area contributed by atoms with Crippen LogP contribution in [0.15, 0.2) is 0 Å². The van der Waals surface area contributed by atoms with Crippen LogP contribution in [0.3, 0.4) is 0 Å². The standard InChI is InChI=1S/C11H22N2O/c1-5-10(14)13-11(4)6-9(7-11)12-8(2)3/h8-9,12H,5-7H2,1-4H3,(H,13,14). The van der Waals surface area contributed by atoms with E-state index in [1.54, 1.807) is 0 Å². The number of rotatable bonds is 4. The van der Waals surface area contributed by atoms with Crippen LogP contribution in [-0.2, 0) is 4.79 Å². The molecule has 0 spiro atoms. The zero-order valence-corrected chi connectivity index (χ0v) is 9.68. The van der Waals surface area contributed by atoms with E-state index in [1.807, 2.05) is 6.92 Å². The van der Waals surface area contributed by atoms with Gasteiger partial charge in [-0.05, 0) is 19.8 Å². The van der Waals surface area contributed by atoms with Crippen LogP contribution in [0, 0.1) is 0 Å². The molecule has 0 atom stereocenters. The summed E-state index contributed by atoms with van der Waals surface area (Å²) in [6.45, 7) is 8.32. The Kier molecular flexibility index (Phi) is 3.53. The van der Waals surface area contributed by atoms with Crippen molar-refractivity contribution in [3.8, 4) is 0 Å². The second kappa shape index (κ2) is 4.30. The lowest BCUT2D eigenvalue weighted by molar-refractivity contribution is -0.123. The molecular weight excluding hydrogens is 176 g/mol. The van der Waals surface area contributed by atoms with Crippen LogP contribution in [0.4, 0.5) is 0 Å². The molecule has 3 heteroatoms. The molecule has 1 amide bonds. The molecule has 0 aromatic carbocycles. The van der Waals surface area contributed by atoms with Crippen LogP contribution in [0.1, 0.15) is 47.0 Å². The van der Waals surface area contributed by atoms with Gasteiger partial charge >= 0.3 is 0 Å². The summed E-state index contributed by atoms with van der Waals surface area (Å²) in [5, 5.41) is 6.54. The third kappa shape index (κ3) is 2.98. The summed E-state index contributed by atoms with van der Waals surface area (Å²) in [5.41, 5.74) is 0.0413. The van der Waals surface area contributed by atoms with Gasteiger partial charge in [-0.15, -0.1) is 0 Å². The average Bonchev–Trinajstić information content (AvgIpc) is 2.00. The van der Waals surface area contributed by atoms with E-state index in [1.165, 1.54) is 0 Å². The molecule has 0 bridgehead atoms. The zero-order chi connectivity index (χ0) is 10.8. The summed E-state index contributed by atoms with van der Waals surface area (Å²) in [6.07, 6.45) is 2.69. The lowest BCUT2D eigenvalue weighted by atomic mass is 9.73. The molecule has 3 nitrogen and oxygen atoms in total. The van der Waals surface area contributed by atoms with E-state index >= 15 is 0 Å². The van der Waals surface area contributed by atoms with Crippen molar-refractivity contribution in [2.24, 2.45) is 0 Å². The summed E-state index contributed by atoms with van der Waals surface area (Å²) in [5.74, 6) is 0.162. The van der Waals surface area contributed by atoms with Crippen molar-refractivity contribution in [1.29, 1.82) is 0 Å². The predicted molar refractivity (Wildman–Crippen MR) is 58.1 cm³/mol. The van der Waals surface area contributed by atoms with E-state index in [-0.39, 0.29) is 11.4 Å². The van der Waals surface area contributed by atoms with Gasteiger partial charge in [-0.3, -0.25) is 4.79 Å². The Bertz CT molecular complexity index is 207. The summed E-state index contributed by atoms with van der Waals surface area (Å²) < 4.78 is 0. The molecular formula is C11H22N2O. The van der Waals surface area contributed by atoms with Gasteiger partial charge in [0.05, 0.1) is 0 Å². The maximum absolute atomic E-state index is 11.2. The highest BCUT2D eigenvalue weighted by Crippen LogP contribution is 2.32. The summed E-state index contributed by atoms with van der Waals surface area (Å²) >= 11 is 0. The van der Waals surface area contributed by atoms with E-state index in [4.69, 9.17) is 0 Å². The highest BCUT2D eigenvalue weighted by atomic mass is 16.1. The maximum Gasteiger partial charge on any atom is 0.220 e. The molecule has 0 heterocycles. The van der Waals surface area contributed by atoms with E-state index in [0.29, 0.717) is 18.5 Å². The second-order valence-corrected chi connectivity index (χ2v) is 4.89. The first-order valence-corrected chi connectivity index (χ1v) is 5.52. The molecule has 0 aromatic rings. The molecule has 1 rings (SSSR count). The second-order valence-electron chi connectivity index (χ2n) is 4.89. The summed E-state index contributed by atoms with van der Waals surface area (Å²) in [6, 6.07) is 1.11. The van der Waals surface area contributed by atoms with Crippen LogP contribution >= 0.6 is 0 Å². The van der Waals surface area contributed by atoms with E-state index in [9.17, 15) is 4.79 Å². The first-order valence-electron chi connectivity index (χ1n) is 5.52. The molecule has 0 aromatic heterocycles. The highest BCUT2D eigenvalue weighted by Gasteiger charge is 2.40. The van der Waals surface area contributed by atoms with Gasteiger partial charge in [0, 0.05) is 24.0 Å². The predicted octanol–water partition coefficient (Wildman–Crippen LogP) is 1.43. The number of hydrogen-bond donors (Lipinski definition) is 2. The van der Waals surface area contributed by atoms with Gasteiger partial charge in [-0.25, -0.2) is 0 Å². The largest absolute Gasteiger partial charge is 0.351 e. The Balaban J connectivity index is 2.26. The van der Waals surface area contributed by atoms with Gasteiger partial charge in [0.2, 0.25) is 5.91 Å². The van der Waals surface area contributed by atoms with Crippen LogP contribution < -0.4 is 10.6 Å². The molecule has 14 heavy (non-hydrogen) atoms. The molecule has 0 saturated heterocycles. The average molecular weight is 198 g/mol. The fourth-order valence-corrected chi connectivity index (χ4v) is 2.14. The topological polar surface area (TPSA) is 41.1 Å². The molecule has 1 saturated carbocycles. The Morgan fingerprint density at radius 1 is 1.50 bits per heavy atom. The van der Waals surface area contributed by atoms with Crippen LogP contribution in [0.5, 0.6) is 0 Å². The monoisotopic (exact) mass is 198 g/mol. The molecule has 1 aliphatic carbocycles. The van der Waals surface area contributed by atoms with Gasteiger partial charge in [0.15, 0.2) is 0 Å². The first kappa shape index (κ1) is 11.5. The Hall–Kier alpha value is -0.570. The normalized spacial score (nSPS) is 31.4. The Labute approximate surface area is 86.6 Å². The van der Waals surface area contributed by atoms with Crippen molar-refractivity contribution in [3.05, 3.63) is 0 Å². The minimum absolute atomic E-state index is 0.0413.